The van der Waals surface area contributed by atoms with Crippen LogP contribution in [0, 0.1) is 0 Å². The minimum atomic E-state index is -4.74. The molecule has 1 heterocycles. The first-order valence-electron chi connectivity index (χ1n) is 5.34. The van der Waals surface area contributed by atoms with Crippen LogP contribution in [0.2, 0.25) is 0 Å². The highest BCUT2D eigenvalue weighted by Crippen LogP contribution is 2.34. The van der Waals surface area contributed by atoms with Crippen LogP contribution in [0.3, 0.4) is 0 Å². The van der Waals surface area contributed by atoms with Crippen molar-refractivity contribution in [2.75, 3.05) is 12.8 Å². The second-order valence-corrected chi connectivity index (χ2v) is 3.67. The van der Waals surface area contributed by atoms with Gasteiger partial charge in [-0.05, 0) is 6.42 Å². The molecule has 0 radical (unpaired) electrons. The molecule has 0 aromatic carbocycles. The van der Waals surface area contributed by atoms with Crippen molar-refractivity contribution in [2.45, 2.75) is 32.5 Å². The molecular weight excluding hydrogens is 251 g/mol. The van der Waals surface area contributed by atoms with Gasteiger partial charge in [0.15, 0.2) is 5.69 Å². The number of nitrogens with two attached hydrogens (primary N) is 1. The second-order valence-electron chi connectivity index (χ2n) is 3.67. The molecule has 0 amide bonds. The summed E-state index contributed by atoms with van der Waals surface area (Å²) < 4.78 is 43.4. The first-order chi connectivity index (χ1) is 8.32. The minimum absolute atomic E-state index is 0.225. The van der Waals surface area contributed by atoms with E-state index in [0.29, 0.717) is 6.42 Å². The number of anilines is 1. The molecule has 5 nitrogen and oxygen atoms in total. The van der Waals surface area contributed by atoms with E-state index >= 15 is 0 Å². The molecule has 1 rings (SSSR count). The lowest BCUT2D eigenvalue weighted by Crippen LogP contribution is -2.14. The molecule has 1 aromatic rings. The van der Waals surface area contributed by atoms with Gasteiger partial charge in [0.25, 0.3) is 0 Å². The van der Waals surface area contributed by atoms with Gasteiger partial charge in [0, 0.05) is 6.54 Å². The lowest BCUT2D eigenvalue weighted by atomic mass is 10.2. The Kier molecular flexibility index (Phi) is 4.20. The van der Waals surface area contributed by atoms with Gasteiger partial charge in [-0.2, -0.15) is 18.3 Å². The number of halogens is 3. The van der Waals surface area contributed by atoms with Crippen LogP contribution >= 0.6 is 0 Å². The highest BCUT2D eigenvalue weighted by atomic mass is 19.4. The maximum absolute atomic E-state index is 12.7. The molecule has 0 bridgehead atoms. The van der Waals surface area contributed by atoms with E-state index in [9.17, 15) is 18.0 Å². The molecule has 0 saturated heterocycles. The number of alkyl halides is 3. The van der Waals surface area contributed by atoms with Gasteiger partial charge >= 0.3 is 12.1 Å². The van der Waals surface area contributed by atoms with Crippen LogP contribution in [0.5, 0.6) is 0 Å². The topological polar surface area (TPSA) is 70.1 Å². The summed E-state index contributed by atoms with van der Waals surface area (Å²) >= 11 is 0. The Labute approximate surface area is 102 Å². The van der Waals surface area contributed by atoms with Crippen LogP contribution in [-0.4, -0.2) is 22.9 Å². The molecule has 18 heavy (non-hydrogen) atoms. The smallest absolute Gasteiger partial charge is 0.436 e. The Morgan fingerprint density at radius 1 is 1.50 bits per heavy atom. The Bertz CT molecular complexity index is 440. The molecule has 0 aliphatic rings. The summed E-state index contributed by atoms with van der Waals surface area (Å²) in [5, 5.41) is 3.35. The number of carbonyl (C=O) groups excluding carboxylic acids is 1. The van der Waals surface area contributed by atoms with E-state index in [1.54, 1.807) is 0 Å². The lowest BCUT2D eigenvalue weighted by Gasteiger charge is -2.04. The lowest BCUT2D eigenvalue weighted by molar-refractivity contribution is -0.142. The SMILES string of the molecule is CCCCn1nc(C(F)(F)F)c(C(=O)OC)c1N. The third-order valence-corrected chi connectivity index (χ3v) is 2.37. The average Bonchev–Trinajstić information content (AvgIpc) is 2.63. The maximum Gasteiger partial charge on any atom is 0.436 e. The van der Waals surface area contributed by atoms with Crippen molar-refractivity contribution in [1.29, 1.82) is 0 Å². The molecule has 0 fully saturated rings. The minimum Gasteiger partial charge on any atom is -0.465 e. The Hall–Kier alpha value is -1.73. The van der Waals surface area contributed by atoms with E-state index in [2.05, 4.69) is 9.84 Å². The fourth-order valence-electron chi connectivity index (χ4n) is 1.46. The zero-order valence-corrected chi connectivity index (χ0v) is 10.0. The molecule has 0 atom stereocenters. The predicted octanol–water partition coefficient (Wildman–Crippen LogP) is 2.07. The summed E-state index contributed by atoms with van der Waals surface area (Å²) in [6, 6.07) is 0. The Morgan fingerprint density at radius 3 is 2.56 bits per heavy atom. The second kappa shape index (κ2) is 5.28. The van der Waals surface area contributed by atoms with Crippen molar-refractivity contribution in [2.24, 2.45) is 0 Å². The number of aromatic nitrogens is 2. The van der Waals surface area contributed by atoms with Crippen molar-refractivity contribution >= 4 is 11.8 Å². The van der Waals surface area contributed by atoms with Crippen LogP contribution in [0.15, 0.2) is 0 Å². The highest BCUT2D eigenvalue weighted by Gasteiger charge is 2.41. The van der Waals surface area contributed by atoms with Crippen LogP contribution in [0.4, 0.5) is 19.0 Å². The van der Waals surface area contributed by atoms with Gasteiger partial charge < -0.3 is 10.5 Å². The van der Waals surface area contributed by atoms with E-state index in [1.165, 1.54) is 0 Å². The summed E-state index contributed by atoms with van der Waals surface area (Å²) in [4.78, 5) is 11.3. The molecule has 2 N–H and O–H groups in total. The normalized spacial score (nSPS) is 11.6. The summed E-state index contributed by atoms with van der Waals surface area (Å²) in [6.45, 7) is 2.11. The van der Waals surface area contributed by atoms with Crippen molar-refractivity contribution in [3.8, 4) is 0 Å². The zero-order valence-electron chi connectivity index (χ0n) is 10.0. The van der Waals surface area contributed by atoms with Gasteiger partial charge in [0.05, 0.1) is 7.11 Å². The summed E-state index contributed by atoms with van der Waals surface area (Å²) in [6.07, 6.45) is -3.35. The average molecular weight is 265 g/mol. The highest BCUT2D eigenvalue weighted by molar-refractivity contribution is 5.95. The first-order valence-corrected chi connectivity index (χ1v) is 5.34. The number of rotatable bonds is 4. The van der Waals surface area contributed by atoms with E-state index in [4.69, 9.17) is 5.73 Å². The Balaban J connectivity index is 3.27. The van der Waals surface area contributed by atoms with Gasteiger partial charge in [0.1, 0.15) is 11.4 Å². The number of carbonyl (C=O) groups is 1. The van der Waals surface area contributed by atoms with Crippen molar-refractivity contribution in [1.82, 2.24) is 9.78 Å². The fraction of sp³-hybridized carbons (Fsp3) is 0.600. The maximum atomic E-state index is 12.7. The van der Waals surface area contributed by atoms with Gasteiger partial charge in [-0.3, -0.25) is 0 Å². The van der Waals surface area contributed by atoms with Gasteiger partial charge in [-0.15, -0.1) is 0 Å². The van der Waals surface area contributed by atoms with Crippen molar-refractivity contribution in [3.63, 3.8) is 0 Å². The standard InChI is InChI=1S/C10H14F3N3O2/c1-3-4-5-16-8(14)6(9(17)18-2)7(15-16)10(11,12)13/h3-5,14H2,1-2H3. The molecule has 0 aliphatic heterocycles. The monoisotopic (exact) mass is 265 g/mol. The number of unbranched alkanes of at least 4 members (excludes halogenated alkanes) is 1. The molecule has 1 aromatic heterocycles. The summed E-state index contributed by atoms with van der Waals surface area (Å²) in [5.41, 5.74) is 3.49. The van der Waals surface area contributed by atoms with Crippen LogP contribution in [-0.2, 0) is 17.5 Å². The number of hydrogen-bond acceptors (Lipinski definition) is 4. The quantitative estimate of drug-likeness (QED) is 0.846. The Morgan fingerprint density at radius 2 is 2.11 bits per heavy atom. The fourth-order valence-corrected chi connectivity index (χ4v) is 1.46. The van der Waals surface area contributed by atoms with Crippen molar-refractivity contribution < 1.29 is 22.7 Å². The van der Waals surface area contributed by atoms with Crippen molar-refractivity contribution in [3.05, 3.63) is 11.3 Å². The summed E-state index contributed by atoms with van der Waals surface area (Å²) in [5.74, 6) is -1.45. The van der Waals surface area contributed by atoms with Gasteiger partial charge in [-0.25, -0.2) is 9.48 Å². The number of methoxy groups -OCH3 is 1. The van der Waals surface area contributed by atoms with E-state index in [1.807, 2.05) is 6.92 Å². The third kappa shape index (κ3) is 2.74. The van der Waals surface area contributed by atoms with Gasteiger partial charge in [0.2, 0.25) is 0 Å². The van der Waals surface area contributed by atoms with Crippen LogP contribution in [0.1, 0.15) is 35.8 Å². The number of nitrogen functional groups attached to an aromatic ring is 1. The molecular formula is C10H14F3N3O2. The number of esters is 1. The zero-order chi connectivity index (χ0) is 13.9. The third-order valence-electron chi connectivity index (χ3n) is 2.37. The largest absolute Gasteiger partial charge is 0.465 e. The first kappa shape index (κ1) is 14.3. The van der Waals surface area contributed by atoms with Gasteiger partial charge in [-0.1, -0.05) is 13.3 Å². The number of aryl methyl sites for hydroxylation is 1. The van der Waals surface area contributed by atoms with Crippen LogP contribution in [0.25, 0.3) is 0 Å². The number of hydrogen-bond donors (Lipinski definition) is 1. The summed E-state index contributed by atoms with van der Waals surface area (Å²) in [7, 11) is 0.991. The number of nitrogens with zero attached hydrogens (tertiary/aromatic N) is 2. The van der Waals surface area contributed by atoms with E-state index in [0.717, 1.165) is 18.2 Å². The molecule has 0 aliphatic carbocycles. The predicted molar refractivity (Wildman–Crippen MR) is 57.9 cm³/mol. The molecule has 8 heteroatoms. The molecule has 102 valence electrons. The van der Waals surface area contributed by atoms with E-state index in [-0.39, 0.29) is 12.4 Å². The molecule has 0 saturated carbocycles. The molecule has 0 unspecified atom stereocenters. The molecule has 0 spiro atoms. The number of ether oxygens (including phenoxy) is 1. The van der Waals surface area contributed by atoms with E-state index < -0.39 is 23.4 Å². The van der Waals surface area contributed by atoms with Crippen LogP contribution < -0.4 is 5.73 Å².